The number of hydrogen-bond donors (Lipinski definition) is 4. The molecule has 5 nitrogen and oxygen atoms in total. The number of allylic oxidation sites excluding steroid dienone is 1. The molecule has 0 aromatic carbocycles. The zero-order valence-electron chi connectivity index (χ0n) is 10.8. The van der Waals surface area contributed by atoms with Crippen molar-refractivity contribution in [3.8, 4) is 23.7 Å². The Kier molecular flexibility index (Phi) is 5.88. The smallest absolute Gasteiger partial charge is 0.194 e. The minimum Gasteiger partial charge on any atom is -0.509 e. The molecule has 0 radical (unpaired) electrons. The van der Waals surface area contributed by atoms with E-state index in [0.29, 0.717) is 13.0 Å². The van der Waals surface area contributed by atoms with Gasteiger partial charge in [-0.05, 0) is 31.6 Å². The monoisotopic (exact) mass is 266 g/mol. The van der Waals surface area contributed by atoms with Crippen molar-refractivity contribution in [1.29, 1.82) is 0 Å². The van der Waals surface area contributed by atoms with E-state index in [4.69, 9.17) is 4.74 Å². The van der Waals surface area contributed by atoms with E-state index < -0.39 is 23.8 Å². The first-order valence-electron chi connectivity index (χ1n) is 6.05. The predicted molar refractivity (Wildman–Crippen MR) is 68.7 cm³/mol. The SMILES string of the molecule is CC#CC#CC=C(O)C(O)C(O)C1(O)CCCCO1. The maximum Gasteiger partial charge on any atom is 0.194 e. The van der Waals surface area contributed by atoms with Gasteiger partial charge >= 0.3 is 0 Å². The van der Waals surface area contributed by atoms with Crippen molar-refractivity contribution in [3.05, 3.63) is 11.8 Å². The quantitative estimate of drug-likeness (QED) is 0.428. The summed E-state index contributed by atoms with van der Waals surface area (Å²) < 4.78 is 5.09. The lowest BCUT2D eigenvalue weighted by molar-refractivity contribution is -0.288. The molecule has 1 aliphatic heterocycles. The van der Waals surface area contributed by atoms with Crippen LogP contribution in [0.5, 0.6) is 0 Å². The van der Waals surface area contributed by atoms with Crippen LogP contribution in [-0.4, -0.2) is 45.0 Å². The Morgan fingerprint density at radius 3 is 2.63 bits per heavy atom. The number of rotatable bonds is 3. The second kappa shape index (κ2) is 7.18. The lowest BCUT2D eigenvalue weighted by Crippen LogP contribution is -2.53. The summed E-state index contributed by atoms with van der Waals surface area (Å²) in [6, 6.07) is 0. The molecule has 0 bridgehead atoms. The summed E-state index contributed by atoms with van der Waals surface area (Å²) in [5.74, 6) is 7.45. The molecule has 0 spiro atoms. The van der Waals surface area contributed by atoms with Crippen LogP contribution in [0.4, 0.5) is 0 Å². The van der Waals surface area contributed by atoms with Crippen LogP contribution in [0.3, 0.4) is 0 Å². The first-order chi connectivity index (χ1) is 9.01. The minimum atomic E-state index is -1.84. The van der Waals surface area contributed by atoms with Crippen LogP contribution in [0.1, 0.15) is 26.2 Å². The van der Waals surface area contributed by atoms with E-state index in [0.717, 1.165) is 12.5 Å². The van der Waals surface area contributed by atoms with Gasteiger partial charge in [0.25, 0.3) is 0 Å². The van der Waals surface area contributed by atoms with E-state index in [1.807, 2.05) is 0 Å². The van der Waals surface area contributed by atoms with Crippen LogP contribution in [0.15, 0.2) is 11.8 Å². The minimum absolute atomic E-state index is 0.200. The number of ether oxygens (including phenoxy) is 1. The van der Waals surface area contributed by atoms with Crippen LogP contribution in [-0.2, 0) is 4.74 Å². The molecule has 3 atom stereocenters. The maximum atomic E-state index is 10.0. The molecule has 19 heavy (non-hydrogen) atoms. The highest BCUT2D eigenvalue weighted by atomic mass is 16.6. The average molecular weight is 266 g/mol. The highest BCUT2D eigenvalue weighted by molar-refractivity contribution is 5.31. The van der Waals surface area contributed by atoms with E-state index in [1.165, 1.54) is 0 Å². The maximum absolute atomic E-state index is 10.0. The largest absolute Gasteiger partial charge is 0.509 e. The third-order valence-corrected chi connectivity index (χ3v) is 2.83. The van der Waals surface area contributed by atoms with Crippen LogP contribution in [0.2, 0.25) is 0 Å². The standard InChI is InChI=1S/C14H18O5/c1-2-3-4-5-8-11(15)12(16)13(17)14(18)9-6-7-10-19-14/h8,12-13,15-18H,6-7,9-10H2,1H3. The zero-order valence-corrected chi connectivity index (χ0v) is 10.8. The number of hydrogen-bond acceptors (Lipinski definition) is 5. The summed E-state index contributed by atoms with van der Waals surface area (Å²) in [7, 11) is 0. The third kappa shape index (κ3) is 4.27. The third-order valence-electron chi connectivity index (χ3n) is 2.83. The van der Waals surface area contributed by atoms with Crippen molar-refractivity contribution in [2.75, 3.05) is 6.61 Å². The van der Waals surface area contributed by atoms with Gasteiger partial charge in [-0.1, -0.05) is 11.8 Å². The summed E-state index contributed by atoms with van der Waals surface area (Å²) in [6.45, 7) is 1.92. The Labute approximate surface area is 112 Å². The molecule has 1 heterocycles. The van der Waals surface area contributed by atoms with Gasteiger partial charge in [0.15, 0.2) is 5.79 Å². The molecule has 1 rings (SSSR count). The summed E-state index contributed by atoms with van der Waals surface area (Å²) in [4.78, 5) is 0. The fourth-order valence-corrected chi connectivity index (χ4v) is 1.74. The van der Waals surface area contributed by atoms with Gasteiger partial charge in [-0.2, -0.15) is 0 Å². The van der Waals surface area contributed by atoms with Gasteiger partial charge in [-0.3, -0.25) is 0 Å². The zero-order chi connectivity index (χ0) is 14.3. The Morgan fingerprint density at radius 2 is 2.05 bits per heavy atom. The molecule has 0 aromatic heterocycles. The first kappa shape index (κ1) is 15.6. The molecule has 104 valence electrons. The topological polar surface area (TPSA) is 90.2 Å². The number of aliphatic hydroxyl groups is 4. The fraction of sp³-hybridized carbons (Fsp3) is 0.571. The molecular weight excluding hydrogens is 248 g/mol. The highest BCUT2D eigenvalue weighted by Gasteiger charge is 2.43. The summed E-state index contributed by atoms with van der Waals surface area (Å²) in [5.41, 5.74) is 0. The van der Waals surface area contributed by atoms with Gasteiger partial charge in [0.05, 0.1) is 6.61 Å². The van der Waals surface area contributed by atoms with Crippen molar-refractivity contribution < 1.29 is 25.2 Å². The predicted octanol–water partition coefficient (Wildman–Crippen LogP) is 0.0659. The Balaban J connectivity index is 2.72. The fourth-order valence-electron chi connectivity index (χ4n) is 1.74. The molecule has 1 saturated heterocycles. The lowest BCUT2D eigenvalue weighted by atomic mass is 9.95. The van der Waals surface area contributed by atoms with E-state index >= 15 is 0 Å². The van der Waals surface area contributed by atoms with Crippen LogP contribution < -0.4 is 0 Å². The van der Waals surface area contributed by atoms with Gasteiger partial charge in [0.1, 0.15) is 18.0 Å². The lowest BCUT2D eigenvalue weighted by Gasteiger charge is -2.37. The second-order valence-electron chi connectivity index (χ2n) is 4.25. The van der Waals surface area contributed by atoms with Crippen molar-refractivity contribution in [2.45, 2.75) is 44.2 Å². The molecular formula is C14H18O5. The summed E-state index contributed by atoms with van der Waals surface area (Å²) >= 11 is 0. The van der Waals surface area contributed by atoms with E-state index in [-0.39, 0.29) is 6.42 Å². The normalized spacial score (nSPS) is 26.4. The Morgan fingerprint density at radius 1 is 1.32 bits per heavy atom. The van der Waals surface area contributed by atoms with Gasteiger partial charge in [-0.15, -0.1) is 0 Å². The molecule has 0 aromatic rings. The molecule has 4 N–H and O–H groups in total. The van der Waals surface area contributed by atoms with Gasteiger partial charge in [-0.25, -0.2) is 0 Å². The van der Waals surface area contributed by atoms with Gasteiger partial charge in [0.2, 0.25) is 0 Å². The summed E-state index contributed by atoms with van der Waals surface area (Å²) in [5, 5.41) is 39.2. The Hall–Kier alpha value is -1.50. The molecule has 0 saturated carbocycles. The van der Waals surface area contributed by atoms with Crippen molar-refractivity contribution in [2.24, 2.45) is 0 Å². The molecule has 5 heteroatoms. The first-order valence-corrected chi connectivity index (χ1v) is 6.05. The number of aliphatic hydroxyl groups excluding tert-OH is 3. The highest BCUT2D eigenvalue weighted by Crippen LogP contribution is 2.28. The van der Waals surface area contributed by atoms with Crippen molar-refractivity contribution in [3.63, 3.8) is 0 Å². The molecule has 0 amide bonds. The van der Waals surface area contributed by atoms with Crippen LogP contribution in [0.25, 0.3) is 0 Å². The van der Waals surface area contributed by atoms with Gasteiger partial charge < -0.3 is 25.2 Å². The van der Waals surface area contributed by atoms with Crippen LogP contribution in [0, 0.1) is 23.7 Å². The van der Waals surface area contributed by atoms with Gasteiger partial charge in [0, 0.05) is 12.5 Å². The second-order valence-corrected chi connectivity index (χ2v) is 4.25. The molecule has 3 unspecified atom stereocenters. The molecule has 1 aliphatic rings. The summed E-state index contributed by atoms with van der Waals surface area (Å²) in [6.07, 6.45) is -0.601. The molecule has 0 aliphatic carbocycles. The average Bonchev–Trinajstić information content (AvgIpc) is 2.42. The Bertz CT molecular complexity index is 440. The van der Waals surface area contributed by atoms with Crippen molar-refractivity contribution >= 4 is 0 Å². The van der Waals surface area contributed by atoms with E-state index in [2.05, 4.69) is 23.7 Å². The van der Waals surface area contributed by atoms with E-state index in [9.17, 15) is 20.4 Å². The van der Waals surface area contributed by atoms with E-state index in [1.54, 1.807) is 6.92 Å². The van der Waals surface area contributed by atoms with Crippen LogP contribution >= 0.6 is 0 Å². The van der Waals surface area contributed by atoms with Crippen molar-refractivity contribution in [1.82, 2.24) is 0 Å². The molecule has 1 fully saturated rings.